The number of carbonyl (C=O) groups is 11. The second kappa shape index (κ2) is 47.1. The molecule has 1 aromatic carbocycles. The first-order valence-corrected chi connectivity index (χ1v) is 42.1. The summed E-state index contributed by atoms with van der Waals surface area (Å²) in [5, 5.41) is 34.1. The number of nitrogens with one attached hydrogen (secondary N) is 12. The maximum atomic E-state index is 13.4. The van der Waals surface area contributed by atoms with E-state index < -0.39 is 59.1 Å². The average molecular weight is 1780 g/mol. The topological polar surface area (TPSA) is 515 Å². The summed E-state index contributed by atoms with van der Waals surface area (Å²) in [5.41, 5.74) is 2.34. The molecule has 2 aliphatic rings. The molecular formula is C83H113N27O18. The molecule has 0 radical (unpaired) electrons. The van der Waals surface area contributed by atoms with Crippen molar-refractivity contribution in [3.63, 3.8) is 0 Å². The number of aromatic nitrogens is 13. The van der Waals surface area contributed by atoms with E-state index in [1.807, 2.05) is 12.1 Å². The molecule has 11 amide bonds. The second-order valence-electron chi connectivity index (χ2n) is 30.4. The standard InChI is InChI=1S/C83H113N27O18/c1-102-30-24-85-72(102)81(120)92-55-43-60(104(3)48-55)77(116)87-22-17-70(114)96-65-51-108(7)75(98-65)82(121)93-56-44-59(103(2)49-56)76(115)86-20-13-14-68(112)95-64-50-106(5)73(97-64)79(118)89-23-16-69(113)90-54-42-61(105(4)47-54)78(117)100-66-52-107(6)74(99-66)80(119)88-21-15-67(111)84-25-32-124-34-36-126-38-40-128-41-39-127-37-35-125-33-31-109-28-18-53(19-29-109)91-71-57-45-62(122-8)63(123-9)46-58(57)94-83(101-71)110-26-11-10-12-27-110/h24,30,42-53H,10-23,25-29,31-41H2,1-9H3,(H,84,111)(H,86,115)(H,87,116)(H,88,119)(H,89,118)(H,90,113)(H,92,120)(H,93,121)(H,95,112)(H,96,114)(H,100,117)(H,91,94,101). The molecule has 45 heteroatoms. The maximum absolute atomic E-state index is 13.4. The molecule has 0 spiro atoms. The molecule has 9 aromatic rings. The van der Waals surface area contributed by atoms with Gasteiger partial charge >= 0.3 is 0 Å². The van der Waals surface area contributed by atoms with Gasteiger partial charge in [0.2, 0.25) is 47.1 Å². The average Bonchev–Trinajstić information content (AvgIpc) is 1.68. The number of aryl methyl sites for hydroxylation is 7. The number of methoxy groups -OCH3 is 2. The van der Waals surface area contributed by atoms with Gasteiger partial charge in [0, 0.05) is 208 Å². The van der Waals surface area contributed by atoms with Crippen molar-refractivity contribution in [3.8, 4) is 11.5 Å². The molecular weight excluding hydrogens is 1660 g/mol. The lowest BCUT2D eigenvalue weighted by Crippen LogP contribution is -2.40. The third kappa shape index (κ3) is 27.7. The van der Waals surface area contributed by atoms with E-state index >= 15 is 0 Å². The minimum atomic E-state index is -0.638. The highest BCUT2D eigenvalue weighted by Gasteiger charge is 2.27. The normalized spacial score (nSPS) is 12.9. The van der Waals surface area contributed by atoms with E-state index in [4.69, 9.17) is 43.1 Å². The van der Waals surface area contributed by atoms with E-state index in [1.54, 1.807) is 80.5 Å². The quantitative estimate of drug-likeness (QED) is 0.0244. The van der Waals surface area contributed by atoms with Crippen LogP contribution in [0.3, 0.4) is 0 Å². The van der Waals surface area contributed by atoms with Gasteiger partial charge in [-0.15, -0.1) is 0 Å². The van der Waals surface area contributed by atoms with Gasteiger partial charge in [0.1, 0.15) is 22.9 Å². The number of imidazole rings is 4. The van der Waals surface area contributed by atoms with Gasteiger partial charge in [-0.3, -0.25) is 52.7 Å². The lowest BCUT2D eigenvalue weighted by Gasteiger charge is -2.33. The number of fused-ring (bicyclic) bond motifs is 1. The summed E-state index contributed by atoms with van der Waals surface area (Å²) in [6.07, 6.45) is 17.4. The maximum Gasteiger partial charge on any atom is 0.291 e. The van der Waals surface area contributed by atoms with Gasteiger partial charge in [0.05, 0.1) is 103 Å². The minimum absolute atomic E-state index is 0.00949. The number of amides is 11. The number of rotatable bonds is 49. The summed E-state index contributed by atoms with van der Waals surface area (Å²) in [6, 6.07) is 8.56. The fourth-order valence-electron chi connectivity index (χ4n) is 14.0. The minimum Gasteiger partial charge on any atom is -0.493 e. The van der Waals surface area contributed by atoms with Crippen molar-refractivity contribution in [2.75, 3.05) is 188 Å². The largest absolute Gasteiger partial charge is 0.493 e. The molecule has 2 fully saturated rings. The Morgan fingerprint density at radius 2 is 0.828 bits per heavy atom. The zero-order chi connectivity index (χ0) is 91.2. The SMILES string of the molecule is COc1cc2nc(N3CCCCC3)nc(NC3CCN(CCOCCOCCOCCOCCOCCNC(=O)CCNC(=O)c4nc(NC(=O)c5cc(NC(=O)CCNC(=O)c6nc(NC(=O)CCCNC(=O)c7cc(NC(=O)c8nc(NC(=O)CCNC(=O)c9cc(NC(=O)c%10nccn%10C)cn9C)cn8C)cn7C)cn6C)cn5C)cn4C)CC3)c2cc1OC. The molecule has 8 aromatic heterocycles. The molecule has 0 bridgehead atoms. The number of anilines is 8. The Morgan fingerprint density at radius 3 is 1.35 bits per heavy atom. The summed E-state index contributed by atoms with van der Waals surface area (Å²) in [7, 11) is 14.5. The zero-order valence-corrected chi connectivity index (χ0v) is 73.4. The van der Waals surface area contributed by atoms with Gasteiger partial charge in [-0.1, -0.05) is 0 Å². The van der Waals surface area contributed by atoms with Crippen LogP contribution in [0.5, 0.6) is 11.5 Å². The van der Waals surface area contributed by atoms with Gasteiger partial charge < -0.3 is 139 Å². The Morgan fingerprint density at radius 1 is 0.383 bits per heavy atom. The van der Waals surface area contributed by atoms with Crippen molar-refractivity contribution in [2.24, 2.45) is 49.3 Å². The van der Waals surface area contributed by atoms with Gasteiger partial charge in [0.15, 0.2) is 34.8 Å². The Hall–Kier alpha value is -13.6. The van der Waals surface area contributed by atoms with Crippen LogP contribution < -0.4 is 78.2 Å². The predicted octanol–water partition coefficient (Wildman–Crippen LogP) is 2.91. The van der Waals surface area contributed by atoms with Gasteiger partial charge in [-0.25, -0.2) is 24.9 Å². The molecule has 0 atom stereocenters. The predicted molar refractivity (Wildman–Crippen MR) is 470 cm³/mol. The fraction of sp³-hybridized carbons (Fsp3) is 0.482. The number of hydrogen-bond donors (Lipinski definition) is 12. The highest BCUT2D eigenvalue weighted by molar-refractivity contribution is 6.06. The smallest absolute Gasteiger partial charge is 0.291 e. The van der Waals surface area contributed by atoms with E-state index in [-0.39, 0.29) is 153 Å². The van der Waals surface area contributed by atoms with Crippen molar-refractivity contribution in [2.45, 2.75) is 70.3 Å². The molecule has 10 heterocycles. The summed E-state index contributed by atoms with van der Waals surface area (Å²) in [5.74, 6) is -2.40. The second-order valence-corrected chi connectivity index (χ2v) is 30.4. The molecule has 2 saturated heterocycles. The van der Waals surface area contributed by atoms with Crippen molar-refractivity contribution in [1.82, 2.24) is 93.4 Å². The monoisotopic (exact) mass is 1780 g/mol. The van der Waals surface area contributed by atoms with Gasteiger partial charge in [0.25, 0.3) is 41.4 Å². The lowest BCUT2D eigenvalue weighted by atomic mass is 10.0. The fourth-order valence-corrected chi connectivity index (χ4v) is 14.0. The van der Waals surface area contributed by atoms with Crippen molar-refractivity contribution in [3.05, 3.63) is 120 Å². The van der Waals surface area contributed by atoms with E-state index in [2.05, 4.69) is 93.5 Å². The van der Waals surface area contributed by atoms with E-state index in [1.165, 1.54) is 89.2 Å². The van der Waals surface area contributed by atoms with Crippen molar-refractivity contribution in [1.29, 1.82) is 0 Å². The summed E-state index contributed by atoms with van der Waals surface area (Å²) < 4.78 is 49.9. The number of ether oxygens (including phenoxy) is 7. The van der Waals surface area contributed by atoms with Crippen LogP contribution in [0.25, 0.3) is 10.9 Å². The Bertz CT molecular complexity index is 5350. The zero-order valence-electron chi connectivity index (χ0n) is 73.4. The molecule has 0 aliphatic carbocycles. The molecule has 2 aliphatic heterocycles. The van der Waals surface area contributed by atoms with Gasteiger partial charge in [-0.2, -0.15) is 4.98 Å². The highest BCUT2D eigenvalue weighted by atomic mass is 16.6. The van der Waals surface area contributed by atoms with Crippen LogP contribution in [-0.2, 0) is 92.2 Å². The number of carbonyl (C=O) groups excluding carboxylic acids is 11. The molecule has 128 heavy (non-hydrogen) atoms. The number of likely N-dealkylation sites (tertiary alicyclic amines) is 1. The van der Waals surface area contributed by atoms with Crippen molar-refractivity contribution >= 4 is 122 Å². The molecule has 0 unspecified atom stereocenters. The first kappa shape index (κ1) is 95.0. The van der Waals surface area contributed by atoms with E-state index in [0.717, 1.165) is 81.1 Å². The summed E-state index contributed by atoms with van der Waals surface area (Å²) in [4.78, 5) is 174. The van der Waals surface area contributed by atoms with Crippen molar-refractivity contribution < 1.29 is 85.9 Å². The van der Waals surface area contributed by atoms with Crippen LogP contribution in [0.15, 0.2) is 79.9 Å². The third-order valence-electron chi connectivity index (χ3n) is 20.7. The van der Waals surface area contributed by atoms with Gasteiger partial charge in [-0.05, 0) is 62.8 Å². The first-order valence-electron chi connectivity index (χ1n) is 42.1. The number of benzene rings is 1. The van der Waals surface area contributed by atoms with Crippen LogP contribution in [0.1, 0.15) is 138 Å². The van der Waals surface area contributed by atoms with Crippen LogP contribution in [0, 0.1) is 0 Å². The highest BCUT2D eigenvalue weighted by Crippen LogP contribution is 2.36. The number of hydrogen-bond acceptors (Lipinski definition) is 27. The Balaban J connectivity index is 0.473. The van der Waals surface area contributed by atoms with Crippen LogP contribution in [0.2, 0.25) is 0 Å². The molecule has 45 nitrogen and oxygen atoms in total. The Kier molecular flexibility index (Phi) is 35.0. The number of piperidine rings is 2. The lowest BCUT2D eigenvalue weighted by molar-refractivity contribution is -0.121. The summed E-state index contributed by atoms with van der Waals surface area (Å²) >= 11 is 0. The van der Waals surface area contributed by atoms with E-state index in [0.29, 0.717) is 76.6 Å². The third-order valence-corrected chi connectivity index (χ3v) is 20.7. The molecule has 12 N–H and O–H groups in total. The number of nitrogens with zero attached hydrogens (tertiary/aromatic N) is 15. The molecule has 0 saturated carbocycles. The Labute approximate surface area is 737 Å². The van der Waals surface area contributed by atoms with E-state index in [9.17, 15) is 52.7 Å². The van der Waals surface area contributed by atoms with Crippen LogP contribution in [0.4, 0.5) is 46.3 Å². The van der Waals surface area contributed by atoms with Crippen LogP contribution >= 0.6 is 0 Å². The summed E-state index contributed by atoms with van der Waals surface area (Å²) in [6.45, 7) is 9.06. The molecule has 688 valence electrons. The first-order chi connectivity index (χ1) is 61.8. The molecule has 11 rings (SSSR count). The van der Waals surface area contributed by atoms with Crippen LogP contribution in [-0.4, -0.2) is 284 Å².